The van der Waals surface area contributed by atoms with Crippen LogP contribution in [0.25, 0.3) is 0 Å². The quantitative estimate of drug-likeness (QED) is 0.591. The number of amides is 2. The lowest BCUT2D eigenvalue weighted by molar-refractivity contribution is -0.137. The topological polar surface area (TPSA) is 75.4 Å². The molecule has 0 spiro atoms. The van der Waals surface area contributed by atoms with E-state index in [0.717, 1.165) is 6.07 Å². The van der Waals surface area contributed by atoms with Crippen LogP contribution in [0.15, 0.2) is 12.1 Å². The maximum atomic E-state index is 13.8. The highest BCUT2D eigenvalue weighted by Gasteiger charge is 2.28. The van der Waals surface area contributed by atoms with Crippen molar-refractivity contribution < 1.29 is 22.8 Å². The fraction of sp³-hybridized carbons (Fsp3) is 0.556. The monoisotopic (exact) mass is 371 g/mol. The van der Waals surface area contributed by atoms with Crippen LogP contribution in [0.2, 0.25) is 0 Å². The number of rotatable bonds is 6. The molecule has 8 heteroatoms. The van der Waals surface area contributed by atoms with Crippen LogP contribution in [0.1, 0.15) is 31.7 Å². The molecule has 0 bridgehead atoms. The van der Waals surface area contributed by atoms with Crippen LogP contribution in [0.5, 0.6) is 0 Å². The van der Waals surface area contributed by atoms with E-state index in [0.29, 0.717) is 38.5 Å². The van der Waals surface area contributed by atoms with E-state index in [1.54, 1.807) is 11.8 Å². The molecule has 26 heavy (non-hydrogen) atoms. The van der Waals surface area contributed by atoms with Crippen LogP contribution in [-0.2, 0) is 16.0 Å². The van der Waals surface area contributed by atoms with Gasteiger partial charge in [-0.2, -0.15) is 0 Å². The van der Waals surface area contributed by atoms with Crippen LogP contribution in [-0.4, -0.2) is 42.4 Å². The van der Waals surface area contributed by atoms with Gasteiger partial charge < -0.3 is 16.0 Å². The Hall–Kier alpha value is -2.09. The molecular weight excluding hydrogens is 347 g/mol. The van der Waals surface area contributed by atoms with Crippen LogP contribution in [0.3, 0.4) is 0 Å². The Morgan fingerprint density at radius 2 is 1.81 bits per heavy atom. The molecule has 2 amide bonds. The third-order valence-corrected chi connectivity index (χ3v) is 4.73. The second-order valence-corrected chi connectivity index (χ2v) is 6.57. The van der Waals surface area contributed by atoms with E-state index in [1.807, 2.05) is 0 Å². The van der Waals surface area contributed by atoms with Gasteiger partial charge in [-0.25, -0.2) is 13.2 Å². The fourth-order valence-electron chi connectivity index (χ4n) is 3.23. The first-order valence-electron chi connectivity index (χ1n) is 8.75. The molecule has 1 aliphatic rings. The number of hydrogen-bond donors (Lipinski definition) is 2. The third kappa shape index (κ3) is 5.20. The normalized spacial score (nSPS) is 16.4. The van der Waals surface area contributed by atoms with Crippen LogP contribution >= 0.6 is 0 Å². The zero-order valence-electron chi connectivity index (χ0n) is 14.7. The number of nitrogens with zero attached hydrogens (tertiary/aromatic N) is 1. The number of nitrogens with two attached hydrogens (primary N) is 1. The van der Waals surface area contributed by atoms with Gasteiger partial charge in [0.2, 0.25) is 11.8 Å². The van der Waals surface area contributed by atoms with E-state index >= 15 is 0 Å². The molecule has 0 aliphatic carbocycles. The lowest BCUT2D eigenvalue weighted by atomic mass is 9.86. The lowest BCUT2D eigenvalue weighted by Gasteiger charge is -2.35. The summed E-state index contributed by atoms with van der Waals surface area (Å²) < 4.78 is 40.0. The van der Waals surface area contributed by atoms with Crippen molar-refractivity contribution in [2.75, 3.05) is 19.6 Å². The molecule has 0 saturated carbocycles. The smallest absolute Gasteiger partial charge is 0.232 e. The predicted molar refractivity (Wildman–Crippen MR) is 90.6 cm³/mol. The Bertz CT molecular complexity index is 661. The molecular formula is C18H24F3N3O2. The number of carbonyl (C=O) groups excluding carboxylic acids is 2. The Labute approximate surface area is 150 Å². The molecule has 1 saturated heterocycles. The standard InChI is InChI=1S/C18H24F3N3O2/c1-2-23-17(25)10-18(26)24-5-3-11(4-6-24)16(22)8-12-7-14(20)15(21)9-13(12)19/h7,9,11,16H,2-6,8,10,22H2,1H3,(H,23,25)/t16-/m1/s1. The number of piperidine rings is 1. The first-order chi connectivity index (χ1) is 12.3. The summed E-state index contributed by atoms with van der Waals surface area (Å²) in [4.78, 5) is 25.2. The Morgan fingerprint density at radius 3 is 2.42 bits per heavy atom. The molecule has 1 aromatic rings. The predicted octanol–water partition coefficient (Wildman–Crippen LogP) is 1.74. The highest BCUT2D eigenvalue weighted by Crippen LogP contribution is 2.24. The average molecular weight is 371 g/mol. The molecule has 144 valence electrons. The summed E-state index contributed by atoms with van der Waals surface area (Å²) in [6.45, 7) is 3.20. The summed E-state index contributed by atoms with van der Waals surface area (Å²) >= 11 is 0. The van der Waals surface area contributed by atoms with Gasteiger partial charge in [0.1, 0.15) is 12.2 Å². The van der Waals surface area contributed by atoms with E-state index in [9.17, 15) is 22.8 Å². The molecule has 1 aliphatic heterocycles. The van der Waals surface area contributed by atoms with Crippen molar-refractivity contribution in [2.45, 2.75) is 38.6 Å². The Kier molecular flexibility index (Phi) is 7.02. The van der Waals surface area contributed by atoms with Crippen LogP contribution in [0, 0.1) is 23.4 Å². The third-order valence-electron chi connectivity index (χ3n) is 4.73. The summed E-state index contributed by atoms with van der Waals surface area (Å²) in [6, 6.07) is 0.949. The molecule has 0 aromatic heterocycles. The first kappa shape index (κ1) is 20.2. The second kappa shape index (κ2) is 9.02. The Balaban J connectivity index is 1.86. The van der Waals surface area contributed by atoms with Gasteiger partial charge in [-0.15, -0.1) is 0 Å². The molecule has 3 N–H and O–H groups in total. The van der Waals surface area contributed by atoms with Gasteiger partial charge in [-0.05, 0) is 43.7 Å². The van der Waals surface area contributed by atoms with Crippen molar-refractivity contribution in [3.63, 3.8) is 0 Å². The minimum atomic E-state index is -1.22. The van der Waals surface area contributed by atoms with Crippen molar-refractivity contribution in [1.82, 2.24) is 10.2 Å². The molecule has 0 unspecified atom stereocenters. The number of benzene rings is 1. The zero-order valence-corrected chi connectivity index (χ0v) is 14.7. The first-order valence-corrected chi connectivity index (χ1v) is 8.75. The van der Waals surface area contributed by atoms with E-state index in [4.69, 9.17) is 5.73 Å². The average Bonchev–Trinajstić information content (AvgIpc) is 2.59. The number of halogens is 3. The Morgan fingerprint density at radius 1 is 1.19 bits per heavy atom. The van der Waals surface area contributed by atoms with Crippen molar-refractivity contribution in [1.29, 1.82) is 0 Å². The van der Waals surface area contributed by atoms with Crippen molar-refractivity contribution in [3.05, 3.63) is 35.1 Å². The van der Waals surface area contributed by atoms with Gasteiger partial charge >= 0.3 is 0 Å². The highest BCUT2D eigenvalue weighted by molar-refractivity contribution is 5.96. The zero-order chi connectivity index (χ0) is 19.3. The van der Waals surface area contributed by atoms with Gasteiger partial charge in [0.15, 0.2) is 11.6 Å². The molecule has 1 atom stereocenters. The van der Waals surface area contributed by atoms with Crippen molar-refractivity contribution in [3.8, 4) is 0 Å². The summed E-state index contributed by atoms with van der Waals surface area (Å²) in [6.07, 6.45) is 1.16. The minimum absolute atomic E-state index is 0.0380. The molecule has 1 fully saturated rings. The fourth-order valence-corrected chi connectivity index (χ4v) is 3.23. The summed E-state index contributed by atoms with van der Waals surface area (Å²) in [5.41, 5.74) is 6.18. The molecule has 0 radical (unpaired) electrons. The van der Waals surface area contributed by atoms with Crippen molar-refractivity contribution >= 4 is 11.8 Å². The summed E-state index contributed by atoms with van der Waals surface area (Å²) in [7, 11) is 0. The van der Waals surface area contributed by atoms with Gasteiger partial charge in [0.25, 0.3) is 0 Å². The molecule has 5 nitrogen and oxygen atoms in total. The lowest BCUT2D eigenvalue weighted by Crippen LogP contribution is -2.45. The van der Waals surface area contributed by atoms with E-state index in [1.165, 1.54) is 0 Å². The maximum Gasteiger partial charge on any atom is 0.232 e. The second-order valence-electron chi connectivity index (χ2n) is 6.57. The number of nitrogens with one attached hydrogen (secondary N) is 1. The molecule has 1 aromatic carbocycles. The van der Waals surface area contributed by atoms with Crippen LogP contribution in [0.4, 0.5) is 13.2 Å². The molecule has 2 rings (SSSR count). The van der Waals surface area contributed by atoms with Crippen molar-refractivity contribution in [2.24, 2.45) is 11.7 Å². The minimum Gasteiger partial charge on any atom is -0.356 e. The van der Waals surface area contributed by atoms with E-state index in [-0.39, 0.29) is 36.1 Å². The SMILES string of the molecule is CCNC(=O)CC(=O)N1CCC([C@H](N)Cc2cc(F)c(F)cc2F)CC1. The highest BCUT2D eigenvalue weighted by atomic mass is 19.2. The van der Waals surface area contributed by atoms with Crippen LogP contribution < -0.4 is 11.1 Å². The van der Waals surface area contributed by atoms with Gasteiger partial charge in [-0.1, -0.05) is 0 Å². The summed E-state index contributed by atoms with van der Waals surface area (Å²) in [5.74, 6) is -3.62. The molecule has 1 heterocycles. The maximum absolute atomic E-state index is 13.8. The number of likely N-dealkylation sites (tertiary alicyclic amines) is 1. The van der Waals surface area contributed by atoms with E-state index in [2.05, 4.69) is 5.32 Å². The van der Waals surface area contributed by atoms with Gasteiger partial charge in [0.05, 0.1) is 0 Å². The number of hydrogen-bond acceptors (Lipinski definition) is 3. The summed E-state index contributed by atoms with van der Waals surface area (Å²) in [5, 5.41) is 2.58. The van der Waals surface area contributed by atoms with Gasteiger partial charge in [-0.3, -0.25) is 9.59 Å². The number of carbonyl (C=O) groups is 2. The van der Waals surface area contributed by atoms with E-state index < -0.39 is 23.5 Å². The largest absolute Gasteiger partial charge is 0.356 e. The van der Waals surface area contributed by atoms with Gasteiger partial charge in [0, 0.05) is 31.7 Å².